The number of sulfonamides is 1. The molecule has 2 aromatic rings. The Bertz CT molecular complexity index is 1050. The summed E-state index contributed by atoms with van der Waals surface area (Å²) < 4.78 is 25.5. The Labute approximate surface area is 169 Å². The van der Waals surface area contributed by atoms with Crippen molar-refractivity contribution in [2.75, 3.05) is 24.7 Å². The Morgan fingerprint density at radius 3 is 2.86 bits per heavy atom. The number of amides is 2. The number of anilines is 1. The van der Waals surface area contributed by atoms with Crippen LogP contribution in [0.25, 0.3) is 11.4 Å². The van der Waals surface area contributed by atoms with Crippen molar-refractivity contribution in [1.82, 2.24) is 19.6 Å². The molecule has 0 aliphatic carbocycles. The minimum absolute atomic E-state index is 0.223. The molecule has 0 saturated carbocycles. The van der Waals surface area contributed by atoms with E-state index in [0.29, 0.717) is 48.7 Å². The van der Waals surface area contributed by atoms with Gasteiger partial charge in [0.1, 0.15) is 5.82 Å². The maximum Gasteiger partial charge on any atom is 0.321 e. The van der Waals surface area contributed by atoms with Crippen molar-refractivity contribution in [2.45, 2.75) is 32.2 Å². The lowest BCUT2D eigenvalue weighted by Gasteiger charge is -2.32. The van der Waals surface area contributed by atoms with Gasteiger partial charge in [-0.25, -0.2) is 22.9 Å². The number of nitrogens with one attached hydrogen (secondary N) is 3. The SMILES string of the molecule is CCc1cc(=O)[nH]c(-c2cccc(NC(=O)N3CCC[C@@H](NS(C)(=O)=O)C3)c2)n1. The standard InChI is InChI=1S/C19H25N5O4S/c1-3-14-11-17(25)22-18(20-14)13-6-4-7-15(10-13)21-19(26)24-9-5-8-16(12-24)23-29(2,27)28/h4,6-7,10-11,16,23H,3,5,8-9,12H2,1-2H3,(H,21,26)(H,20,22,25)/t16-/m1/s1. The van der Waals surface area contributed by atoms with Crippen molar-refractivity contribution in [1.29, 1.82) is 0 Å². The van der Waals surface area contributed by atoms with Crippen LogP contribution in [-0.2, 0) is 16.4 Å². The zero-order chi connectivity index (χ0) is 21.0. The van der Waals surface area contributed by atoms with Crippen LogP contribution >= 0.6 is 0 Å². The molecule has 156 valence electrons. The monoisotopic (exact) mass is 419 g/mol. The predicted octanol–water partition coefficient (Wildman–Crippen LogP) is 1.54. The van der Waals surface area contributed by atoms with Gasteiger partial charge in [0.15, 0.2) is 0 Å². The Kier molecular flexibility index (Phi) is 6.33. The molecular formula is C19H25N5O4S. The number of likely N-dealkylation sites (tertiary alicyclic amines) is 1. The maximum atomic E-state index is 12.6. The molecule has 0 bridgehead atoms. The molecule has 1 aromatic carbocycles. The normalized spacial score (nSPS) is 17.2. The average Bonchev–Trinajstić information content (AvgIpc) is 2.66. The topological polar surface area (TPSA) is 124 Å². The fourth-order valence-corrected chi connectivity index (χ4v) is 4.13. The first-order valence-corrected chi connectivity index (χ1v) is 11.4. The number of H-pyrrole nitrogens is 1. The number of hydrogen-bond acceptors (Lipinski definition) is 5. The second-order valence-electron chi connectivity index (χ2n) is 7.13. The number of benzene rings is 1. The van der Waals surface area contributed by atoms with Gasteiger partial charge in [0.05, 0.1) is 6.26 Å². The zero-order valence-electron chi connectivity index (χ0n) is 16.4. The lowest BCUT2D eigenvalue weighted by Crippen LogP contribution is -2.50. The Balaban J connectivity index is 1.72. The maximum absolute atomic E-state index is 12.6. The van der Waals surface area contributed by atoms with Gasteiger partial charge in [-0.2, -0.15) is 0 Å². The van der Waals surface area contributed by atoms with E-state index in [2.05, 4.69) is 20.0 Å². The van der Waals surface area contributed by atoms with Crippen molar-refractivity contribution in [3.8, 4) is 11.4 Å². The third kappa shape index (κ3) is 5.88. The van der Waals surface area contributed by atoms with Crippen molar-refractivity contribution < 1.29 is 13.2 Å². The van der Waals surface area contributed by atoms with Gasteiger partial charge in [0.25, 0.3) is 5.56 Å². The fraction of sp³-hybridized carbons (Fsp3) is 0.421. The van der Waals surface area contributed by atoms with Crippen molar-refractivity contribution >= 4 is 21.7 Å². The molecule has 1 aliphatic rings. The van der Waals surface area contributed by atoms with Gasteiger partial charge < -0.3 is 15.2 Å². The van der Waals surface area contributed by atoms with Crippen LogP contribution in [0.3, 0.4) is 0 Å². The molecular weight excluding hydrogens is 394 g/mol. The summed E-state index contributed by atoms with van der Waals surface area (Å²) in [5.74, 6) is 0.445. The highest BCUT2D eigenvalue weighted by Gasteiger charge is 2.25. The summed E-state index contributed by atoms with van der Waals surface area (Å²) >= 11 is 0. The molecule has 0 radical (unpaired) electrons. The smallest absolute Gasteiger partial charge is 0.321 e. The lowest BCUT2D eigenvalue weighted by molar-refractivity contribution is 0.190. The van der Waals surface area contributed by atoms with Crippen LogP contribution in [0.4, 0.5) is 10.5 Å². The van der Waals surface area contributed by atoms with E-state index in [4.69, 9.17) is 0 Å². The van der Waals surface area contributed by atoms with Gasteiger partial charge in [-0.3, -0.25) is 4.79 Å². The number of aromatic amines is 1. The summed E-state index contributed by atoms with van der Waals surface area (Å²) in [5.41, 5.74) is 1.72. The van der Waals surface area contributed by atoms with Crippen molar-refractivity contribution in [3.05, 3.63) is 46.4 Å². The molecule has 2 amide bonds. The Hall–Kier alpha value is -2.72. The molecule has 1 fully saturated rings. The summed E-state index contributed by atoms with van der Waals surface area (Å²) in [7, 11) is -3.32. The fourth-order valence-electron chi connectivity index (χ4n) is 3.33. The first-order chi connectivity index (χ1) is 13.7. The van der Waals surface area contributed by atoms with E-state index >= 15 is 0 Å². The quantitative estimate of drug-likeness (QED) is 0.678. The van der Waals surface area contributed by atoms with E-state index in [1.54, 1.807) is 29.2 Å². The number of nitrogens with zero attached hydrogens (tertiary/aromatic N) is 2. The predicted molar refractivity (Wildman–Crippen MR) is 111 cm³/mol. The summed E-state index contributed by atoms with van der Waals surface area (Å²) in [6.07, 6.45) is 3.17. The number of urea groups is 1. The molecule has 10 heteroatoms. The molecule has 1 saturated heterocycles. The van der Waals surface area contributed by atoms with Crippen LogP contribution in [0.2, 0.25) is 0 Å². The van der Waals surface area contributed by atoms with Crippen LogP contribution in [0.1, 0.15) is 25.5 Å². The molecule has 29 heavy (non-hydrogen) atoms. The minimum Gasteiger partial charge on any atom is -0.323 e. The summed E-state index contributed by atoms with van der Waals surface area (Å²) in [6, 6.07) is 7.94. The molecule has 0 unspecified atom stereocenters. The van der Waals surface area contributed by atoms with Gasteiger partial charge in [0, 0.05) is 42.1 Å². The van der Waals surface area contributed by atoms with Crippen molar-refractivity contribution in [3.63, 3.8) is 0 Å². The van der Waals surface area contributed by atoms with Crippen LogP contribution in [-0.4, -0.2) is 54.7 Å². The van der Waals surface area contributed by atoms with Crippen LogP contribution < -0.4 is 15.6 Å². The molecule has 1 aromatic heterocycles. The van der Waals surface area contributed by atoms with E-state index in [-0.39, 0.29) is 17.6 Å². The van der Waals surface area contributed by atoms with Crippen LogP contribution in [0.15, 0.2) is 35.1 Å². The number of piperidine rings is 1. The number of rotatable bonds is 5. The molecule has 3 rings (SSSR count). The zero-order valence-corrected chi connectivity index (χ0v) is 17.3. The third-order valence-corrected chi connectivity index (χ3v) is 5.40. The number of aromatic nitrogens is 2. The molecule has 1 atom stereocenters. The number of aryl methyl sites for hydroxylation is 1. The van der Waals surface area contributed by atoms with E-state index in [9.17, 15) is 18.0 Å². The van der Waals surface area contributed by atoms with E-state index < -0.39 is 10.0 Å². The second kappa shape index (κ2) is 8.75. The largest absolute Gasteiger partial charge is 0.323 e. The molecule has 0 spiro atoms. The van der Waals surface area contributed by atoms with Gasteiger partial charge in [-0.05, 0) is 31.4 Å². The minimum atomic E-state index is -3.32. The molecule has 1 aliphatic heterocycles. The first kappa shape index (κ1) is 21.0. The van der Waals surface area contributed by atoms with Crippen molar-refractivity contribution in [2.24, 2.45) is 0 Å². The number of carbonyl (C=O) groups is 1. The molecule has 2 heterocycles. The van der Waals surface area contributed by atoms with Crippen LogP contribution in [0, 0.1) is 0 Å². The summed E-state index contributed by atoms with van der Waals surface area (Å²) in [6.45, 7) is 2.79. The summed E-state index contributed by atoms with van der Waals surface area (Å²) in [4.78, 5) is 33.2. The van der Waals surface area contributed by atoms with E-state index in [1.165, 1.54) is 6.07 Å². The number of carbonyl (C=O) groups excluding carboxylic acids is 1. The average molecular weight is 420 g/mol. The highest BCUT2D eigenvalue weighted by atomic mass is 32.2. The Morgan fingerprint density at radius 2 is 2.14 bits per heavy atom. The lowest BCUT2D eigenvalue weighted by atomic mass is 10.1. The van der Waals surface area contributed by atoms with E-state index in [1.807, 2.05) is 6.92 Å². The number of hydrogen-bond donors (Lipinski definition) is 3. The van der Waals surface area contributed by atoms with Gasteiger partial charge in [-0.1, -0.05) is 19.1 Å². The van der Waals surface area contributed by atoms with Gasteiger partial charge in [0.2, 0.25) is 10.0 Å². The summed E-state index contributed by atoms with van der Waals surface area (Å²) in [5, 5.41) is 2.84. The van der Waals surface area contributed by atoms with E-state index in [0.717, 1.165) is 12.7 Å². The Morgan fingerprint density at radius 1 is 1.34 bits per heavy atom. The molecule has 9 nitrogen and oxygen atoms in total. The first-order valence-electron chi connectivity index (χ1n) is 9.47. The third-order valence-electron chi connectivity index (χ3n) is 4.63. The molecule has 3 N–H and O–H groups in total. The highest BCUT2D eigenvalue weighted by Crippen LogP contribution is 2.20. The van der Waals surface area contributed by atoms with Gasteiger partial charge in [-0.15, -0.1) is 0 Å². The highest BCUT2D eigenvalue weighted by molar-refractivity contribution is 7.88. The van der Waals surface area contributed by atoms with Gasteiger partial charge >= 0.3 is 6.03 Å². The second-order valence-corrected chi connectivity index (χ2v) is 8.91. The van der Waals surface area contributed by atoms with Crippen LogP contribution in [0.5, 0.6) is 0 Å².